The van der Waals surface area contributed by atoms with Gasteiger partial charge in [0.25, 0.3) is 0 Å². The Balaban J connectivity index is 0.762. The lowest BCUT2D eigenvalue weighted by Crippen LogP contribution is -2.63. The molecule has 4 fully saturated rings. The Bertz CT molecular complexity index is 3430. The van der Waals surface area contributed by atoms with Crippen LogP contribution in [0.5, 0.6) is 6.01 Å². The number of likely N-dealkylation sites (tertiary alicyclic amines) is 2. The third-order valence-electron chi connectivity index (χ3n) is 16.4. The lowest BCUT2D eigenvalue weighted by Gasteiger charge is -2.48. The van der Waals surface area contributed by atoms with Crippen molar-refractivity contribution in [2.45, 2.75) is 115 Å². The van der Waals surface area contributed by atoms with E-state index in [1.165, 1.54) is 4.90 Å². The smallest absolute Gasteiger partial charge is 0.394 e. The number of nitrogen functional groups attached to an aromatic ring is 1. The minimum absolute atomic E-state index is 0.0294. The van der Waals surface area contributed by atoms with Crippen molar-refractivity contribution in [2.75, 3.05) is 63.2 Å². The van der Waals surface area contributed by atoms with Crippen LogP contribution < -0.4 is 31.3 Å². The summed E-state index contributed by atoms with van der Waals surface area (Å²) in [5.41, 5.74) is 11.1. The van der Waals surface area contributed by atoms with E-state index in [0.717, 1.165) is 34.5 Å². The summed E-state index contributed by atoms with van der Waals surface area (Å²) in [6.45, 7) is 9.66. The quantitative estimate of drug-likeness (QED) is 0.0314. The van der Waals surface area contributed by atoms with Gasteiger partial charge in [0.15, 0.2) is 5.82 Å². The molecule has 2 bridgehead atoms. The largest absolute Gasteiger partial charge is 0.462 e. The number of aryl methyl sites for hydroxylation is 2. The first-order valence-corrected chi connectivity index (χ1v) is 28.8. The number of piperazine rings is 1. The number of benzene rings is 3. The number of carbonyl (C=O) groups is 3. The number of anilines is 2. The monoisotopic (exact) mass is 1170 g/mol. The highest BCUT2D eigenvalue weighted by Crippen LogP contribution is 2.45. The number of β-amino-alcohol motifs (C(OH)–C–C–N with tert-alkyl or cyclic N) is 1. The van der Waals surface area contributed by atoms with Crippen molar-refractivity contribution in [1.29, 1.82) is 5.26 Å². The molecule has 4 aliphatic heterocycles. The maximum atomic E-state index is 17.4. The average molecular weight is 1170 g/mol. The molecule has 3 aromatic carbocycles. The Hall–Kier alpha value is -6.68. The van der Waals surface area contributed by atoms with Crippen LogP contribution in [-0.4, -0.2) is 147 Å². The summed E-state index contributed by atoms with van der Waals surface area (Å²) >= 11 is 8.51. The Morgan fingerprint density at radius 1 is 1.04 bits per heavy atom. The third-order valence-corrected chi connectivity index (χ3v) is 17.6. The van der Waals surface area contributed by atoms with Crippen LogP contribution in [0.4, 0.5) is 29.1 Å². The number of aliphatic hydroxyl groups excluding tert-OH is 1. The second-order valence-corrected chi connectivity index (χ2v) is 24.4. The number of ether oxygens (including phenoxy) is 2. The minimum atomic E-state index is -4.55. The number of halogens is 5. The lowest BCUT2D eigenvalue weighted by atomic mass is 9.85. The van der Waals surface area contributed by atoms with Crippen molar-refractivity contribution in [1.82, 2.24) is 45.3 Å². The maximum Gasteiger partial charge on any atom is 0.394 e. The number of hydrogen-bond acceptors (Lipinski definition) is 15. The van der Waals surface area contributed by atoms with E-state index >= 15 is 4.39 Å². The fourth-order valence-electron chi connectivity index (χ4n) is 12.0. The summed E-state index contributed by atoms with van der Waals surface area (Å²) in [5, 5.41) is 31.0. The van der Waals surface area contributed by atoms with Crippen molar-refractivity contribution in [3.8, 4) is 33.6 Å². The fourth-order valence-corrected chi connectivity index (χ4v) is 13.1. The van der Waals surface area contributed by atoms with E-state index in [2.05, 4.69) is 32.0 Å². The number of rotatable bonds is 18. The third kappa shape index (κ3) is 11.9. The number of nitrogens with zero attached hydrogens (tertiary/aromatic N) is 8. The molecule has 436 valence electrons. The van der Waals surface area contributed by atoms with Gasteiger partial charge in [-0.1, -0.05) is 56.6 Å². The molecule has 8 atom stereocenters. The van der Waals surface area contributed by atoms with Gasteiger partial charge < -0.3 is 50.6 Å². The van der Waals surface area contributed by atoms with Crippen LogP contribution in [0, 0.1) is 35.4 Å². The number of nitrogens with one attached hydrogen (secondary N) is 3. The van der Waals surface area contributed by atoms with Gasteiger partial charge in [-0.3, -0.25) is 19.3 Å². The van der Waals surface area contributed by atoms with Gasteiger partial charge >= 0.3 is 12.2 Å². The van der Waals surface area contributed by atoms with E-state index < -0.39 is 77.9 Å². The summed E-state index contributed by atoms with van der Waals surface area (Å²) < 4.78 is 74.4. The van der Waals surface area contributed by atoms with Crippen molar-refractivity contribution >= 4 is 74.0 Å². The van der Waals surface area contributed by atoms with Crippen LogP contribution in [0.3, 0.4) is 0 Å². The predicted molar refractivity (Wildman–Crippen MR) is 305 cm³/mol. The summed E-state index contributed by atoms with van der Waals surface area (Å²) in [6.07, 6.45) is -1.77. The molecule has 3 aromatic heterocycles. The van der Waals surface area contributed by atoms with Gasteiger partial charge in [-0.05, 0) is 67.9 Å². The lowest BCUT2D eigenvalue weighted by molar-refractivity contribution is -0.234. The van der Waals surface area contributed by atoms with E-state index in [1.54, 1.807) is 78.5 Å². The van der Waals surface area contributed by atoms with E-state index in [0.29, 0.717) is 47.2 Å². The molecule has 3 amide bonds. The summed E-state index contributed by atoms with van der Waals surface area (Å²) in [5.74, 6) is -3.64. The standard InChI is InChI=1S/C58H67ClF4N12O6S/c1-30(32-8-10-33(11-9-32)51-31(2)66-29-82-51)67-54(78)44-20-36(76)25-75(44)55(79)52(57(3,4)5)69-46(77)16-19-80-18-7-17-73-27-40(58(61,62)63)45(73)28-81-56-70-50-37(53(71-56)74-23-34-12-13-35(24-74)68-34)21-41(59)48(49(50)60)39-26-72(6)43-15-14-42(65)38(22-64)47(39)43/h8-11,14-15,21,26,29-30,34-36,40,44-45,52,68,76H,7,12-13,16-20,23-25,27-28,65H2,1-6H3,(H,67,78)(H,69,77)/t30-,34?,35?,36+,40+,44-,45+,52+/m0/s1. The van der Waals surface area contributed by atoms with Crippen molar-refractivity contribution in [2.24, 2.45) is 18.4 Å². The fraction of sp³-hybridized carbons (Fsp3) is 0.500. The molecule has 7 heterocycles. The highest BCUT2D eigenvalue weighted by molar-refractivity contribution is 7.13. The van der Waals surface area contributed by atoms with Crippen LogP contribution in [0.25, 0.3) is 43.4 Å². The second-order valence-electron chi connectivity index (χ2n) is 23.1. The van der Waals surface area contributed by atoms with Gasteiger partial charge in [-0.2, -0.15) is 28.4 Å². The zero-order chi connectivity index (χ0) is 58.5. The first kappa shape index (κ1) is 58.5. The van der Waals surface area contributed by atoms with Crippen LogP contribution >= 0.6 is 22.9 Å². The van der Waals surface area contributed by atoms with Gasteiger partial charge in [-0.25, -0.2) is 9.37 Å². The normalized spacial score (nSPS) is 21.8. The average Bonchev–Trinajstić information content (AvgIpc) is 4.28. The Morgan fingerprint density at radius 3 is 2.44 bits per heavy atom. The molecule has 0 spiro atoms. The number of amides is 3. The number of hydrogen-bond donors (Lipinski definition) is 5. The van der Waals surface area contributed by atoms with Crippen molar-refractivity contribution < 1.29 is 46.5 Å². The molecular formula is C58H67ClF4N12O6S. The summed E-state index contributed by atoms with van der Waals surface area (Å²) in [4.78, 5) is 61.0. The number of thiazole rings is 1. The molecule has 24 heteroatoms. The number of aromatic nitrogens is 4. The first-order valence-electron chi connectivity index (χ1n) is 27.6. The Morgan fingerprint density at radius 2 is 1.77 bits per heavy atom. The highest BCUT2D eigenvalue weighted by atomic mass is 35.5. The zero-order valence-corrected chi connectivity index (χ0v) is 48.0. The molecule has 4 saturated heterocycles. The molecule has 0 aliphatic carbocycles. The van der Waals surface area contributed by atoms with Gasteiger partial charge in [0.2, 0.25) is 17.7 Å². The molecule has 6 aromatic rings. The van der Waals surface area contributed by atoms with Gasteiger partial charge in [0, 0.05) is 105 Å². The zero-order valence-electron chi connectivity index (χ0n) is 46.4. The van der Waals surface area contributed by atoms with E-state index in [-0.39, 0.29) is 91.1 Å². The molecule has 10 rings (SSSR count). The number of nitriles is 1. The van der Waals surface area contributed by atoms with Crippen LogP contribution in [0.2, 0.25) is 5.02 Å². The van der Waals surface area contributed by atoms with E-state index in [4.69, 9.17) is 31.8 Å². The Kier molecular flexibility index (Phi) is 16.8. The Labute approximate surface area is 481 Å². The highest BCUT2D eigenvalue weighted by Gasteiger charge is 2.54. The molecule has 4 aliphatic rings. The van der Waals surface area contributed by atoms with E-state index in [1.807, 2.05) is 43.0 Å². The molecule has 0 radical (unpaired) electrons. The van der Waals surface area contributed by atoms with Gasteiger partial charge in [0.05, 0.1) is 63.1 Å². The molecular weight excluding hydrogens is 1100 g/mol. The van der Waals surface area contributed by atoms with Crippen LogP contribution in [0.1, 0.15) is 82.7 Å². The van der Waals surface area contributed by atoms with Crippen LogP contribution in [0.15, 0.2) is 54.2 Å². The molecule has 0 saturated carbocycles. The molecule has 18 nitrogen and oxygen atoms in total. The number of nitrogens with two attached hydrogens (primary N) is 1. The molecule has 6 N–H and O–H groups in total. The van der Waals surface area contributed by atoms with Gasteiger partial charge in [-0.15, -0.1) is 11.3 Å². The molecule has 2 unspecified atom stereocenters. The maximum absolute atomic E-state index is 17.4. The van der Waals surface area contributed by atoms with Crippen LogP contribution in [-0.2, 0) is 26.2 Å². The first-order chi connectivity index (χ1) is 39.0. The second kappa shape index (κ2) is 23.5. The SMILES string of the molecule is Cc1ncsc1-c1ccc([C@H](C)NC(=O)[C@@H]2C[C@@H](O)CN2C(=O)[C@@H](NC(=O)CCOCCCN2C[C@@H](C(F)(F)F)[C@H]2COc2nc(N3CC4CCC(C3)N4)c3cc(Cl)c(-c4cn(C)c5ccc(N)c(C#N)c45)c(F)c3n2)C(C)(C)C)cc1. The molecule has 82 heavy (non-hydrogen) atoms. The van der Waals surface area contributed by atoms with Crippen molar-refractivity contribution in [3.05, 3.63) is 81.8 Å². The number of alkyl halides is 3. The minimum Gasteiger partial charge on any atom is -0.462 e. The van der Waals surface area contributed by atoms with Gasteiger partial charge in [0.1, 0.15) is 36.1 Å². The van der Waals surface area contributed by atoms with E-state index in [9.17, 15) is 37.9 Å². The number of carbonyl (C=O) groups excluding carboxylic acids is 3. The summed E-state index contributed by atoms with van der Waals surface area (Å²) in [7, 11) is 1.75. The van der Waals surface area contributed by atoms with Crippen molar-refractivity contribution in [3.63, 3.8) is 0 Å². The topological polar surface area (TPSA) is 229 Å². The summed E-state index contributed by atoms with van der Waals surface area (Å²) in [6, 6.07) is 11.3. The predicted octanol–water partition coefficient (Wildman–Crippen LogP) is 7.82. The number of fused-ring (bicyclic) bond motifs is 4. The number of aliphatic hydroxyl groups is 1.